The molecule has 0 saturated heterocycles. The standard InChI is InChI=1S/C17H10BrNO5/c1-7(20)19-14-10(17(23)24)6-11(18)12-13(14)16(22)9-5-3-2-4-8(9)15(12)21/h2-6H,1H3,(H,19,20)(H,23,24). The fraction of sp³-hybridized carbons (Fsp3) is 0.0588. The number of aromatic carboxylic acids is 1. The van der Waals surface area contributed by atoms with Crippen LogP contribution in [-0.4, -0.2) is 28.5 Å². The maximum Gasteiger partial charge on any atom is 0.337 e. The van der Waals surface area contributed by atoms with Crippen LogP contribution in [0, 0.1) is 0 Å². The van der Waals surface area contributed by atoms with Gasteiger partial charge in [0.25, 0.3) is 0 Å². The van der Waals surface area contributed by atoms with Crippen molar-refractivity contribution in [3.63, 3.8) is 0 Å². The lowest BCUT2D eigenvalue weighted by Gasteiger charge is -2.22. The molecule has 24 heavy (non-hydrogen) atoms. The molecule has 0 fully saturated rings. The van der Waals surface area contributed by atoms with E-state index in [0.717, 1.165) is 0 Å². The Morgan fingerprint density at radius 2 is 1.58 bits per heavy atom. The van der Waals surface area contributed by atoms with Gasteiger partial charge in [0.15, 0.2) is 11.6 Å². The minimum atomic E-state index is -1.32. The van der Waals surface area contributed by atoms with Crippen molar-refractivity contribution in [3.8, 4) is 0 Å². The van der Waals surface area contributed by atoms with Crippen LogP contribution < -0.4 is 5.32 Å². The van der Waals surface area contributed by atoms with E-state index >= 15 is 0 Å². The molecule has 0 spiro atoms. The summed E-state index contributed by atoms with van der Waals surface area (Å²) in [7, 11) is 0. The molecule has 3 rings (SSSR count). The van der Waals surface area contributed by atoms with Gasteiger partial charge in [-0.05, 0) is 22.0 Å². The first-order valence-electron chi connectivity index (χ1n) is 6.88. The summed E-state index contributed by atoms with van der Waals surface area (Å²) in [6.07, 6.45) is 0. The number of hydrogen-bond acceptors (Lipinski definition) is 4. The van der Waals surface area contributed by atoms with Crippen molar-refractivity contribution in [1.29, 1.82) is 0 Å². The minimum absolute atomic E-state index is 0.0486. The molecule has 1 aliphatic carbocycles. The molecule has 7 heteroatoms. The molecule has 0 saturated carbocycles. The number of rotatable bonds is 2. The summed E-state index contributed by atoms with van der Waals surface area (Å²) in [6, 6.07) is 7.50. The summed E-state index contributed by atoms with van der Waals surface area (Å²) in [5.74, 6) is -2.77. The molecule has 0 aromatic heterocycles. The van der Waals surface area contributed by atoms with E-state index in [1.165, 1.54) is 25.1 Å². The lowest BCUT2D eigenvalue weighted by Crippen LogP contribution is -2.25. The van der Waals surface area contributed by atoms with Crippen LogP contribution in [0.1, 0.15) is 49.1 Å². The van der Waals surface area contributed by atoms with Crippen LogP contribution in [0.25, 0.3) is 0 Å². The van der Waals surface area contributed by atoms with E-state index in [1.54, 1.807) is 12.1 Å². The Hall–Kier alpha value is -2.80. The normalized spacial score (nSPS) is 12.4. The van der Waals surface area contributed by atoms with Gasteiger partial charge in [0, 0.05) is 22.5 Å². The zero-order chi connectivity index (χ0) is 17.6. The summed E-state index contributed by atoms with van der Waals surface area (Å²) in [5, 5.41) is 11.8. The maximum absolute atomic E-state index is 12.9. The lowest BCUT2D eigenvalue weighted by molar-refractivity contribution is -0.114. The van der Waals surface area contributed by atoms with Crippen molar-refractivity contribution in [2.45, 2.75) is 6.92 Å². The summed E-state index contributed by atoms with van der Waals surface area (Å²) in [4.78, 5) is 48.6. The van der Waals surface area contributed by atoms with Gasteiger partial charge in [-0.25, -0.2) is 4.79 Å². The van der Waals surface area contributed by atoms with Gasteiger partial charge in [-0.1, -0.05) is 24.3 Å². The molecule has 6 nitrogen and oxygen atoms in total. The van der Waals surface area contributed by atoms with Gasteiger partial charge in [-0.15, -0.1) is 0 Å². The number of amides is 1. The predicted molar refractivity (Wildman–Crippen MR) is 88.7 cm³/mol. The van der Waals surface area contributed by atoms with Crippen molar-refractivity contribution in [1.82, 2.24) is 0 Å². The zero-order valence-corrected chi connectivity index (χ0v) is 13.9. The van der Waals surface area contributed by atoms with E-state index in [0.29, 0.717) is 0 Å². The molecule has 0 atom stereocenters. The van der Waals surface area contributed by atoms with Crippen LogP contribution in [0.3, 0.4) is 0 Å². The number of halogens is 1. The molecule has 2 N–H and O–H groups in total. The third-order valence-electron chi connectivity index (χ3n) is 3.68. The van der Waals surface area contributed by atoms with E-state index in [4.69, 9.17) is 0 Å². The number of hydrogen-bond donors (Lipinski definition) is 2. The van der Waals surface area contributed by atoms with Crippen LogP contribution in [0.4, 0.5) is 5.69 Å². The highest BCUT2D eigenvalue weighted by Gasteiger charge is 2.35. The lowest BCUT2D eigenvalue weighted by atomic mass is 9.82. The molecular weight excluding hydrogens is 378 g/mol. The van der Waals surface area contributed by atoms with Crippen molar-refractivity contribution in [2.24, 2.45) is 0 Å². The monoisotopic (exact) mass is 387 g/mol. The summed E-state index contributed by atoms with van der Waals surface area (Å²) in [5.41, 5.74) is -0.0749. The SMILES string of the molecule is CC(=O)Nc1c(C(=O)O)cc(Br)c2c1C(=O)c1ccccc1C2=O. The van der Waals surface area contributed by atoms with Gasteiger partial charge in [0.1, 0.15) is 0 Å². The molecule has 0 heterocycles. The number of carboxylic acids is 1. The Labute approximate surface area is 144 Å². The maximum atomic E-state index is 12.9. The molecule has 0 bridgehead atoms. The third-order valence-corrected chi connectivity index (χ3v) is 4.31. The number of carboxylic acid groups (broad SMARTS) is 1. The highest BCUT2D eigenvalue weighted by atomic mass is 79.9. The fourth-order valence-corrected chi connectivity index (χ4v) is 3.33. The Bertz CT molecular complexity index is 948. The van der Waals surface area contributed by atoms with E-state index in [1.807, 2.05) is 0 Å². The quantitative estimate of drug-likeness (QED) is 0.703. The largest absolute Gasteiger partial charge is 0.478 e. The molecule has 0 unspecified atom stereocenters. The van der Waals surface area contributed by atoms with Crippen LogP contribution in [0.2, 0.25) is 0 Å². The highest BCUT2D eigenvalue weighted by molar-refractivity contribution is 9.10. The van der Waals surface area contributed by atoms with Crippen LogP contribution in [0.5, 0.6) is 0 Å². The number of benzene rings is 2. The molecule has 0 aliphatic heterocycles. The Morgan fingerprint density at radius 1 is 1.04 bits per heavy atom. The third kappa shape index (κ3) is 2.33. The van der Waals surface area contributed by atoms with Crippen LogP contribution in [0.15, 0.2) is 34.8 Å². The first-order valence-corrected chi connectivity index (χ1v) is 7.68. The molecule has 2 aromatic rings. The van der Waals surface area contributed by atoms with Gasteiger partial charge >= 0.3 is 5.97 Å². The van der Waals surface area contributed by atoms with Gasteiger partial charge in [0.2, 0.25) is 5.91 Å². The first kappa shape index (κ1) is 16.1. The number of fused-ring (bicyclic) bond motifs is 2. The van der Waals surface area contributed by atoms with E-state index in [2.05, 4.69) is 21.2 Å². The fourth-order valence-electron chi connectivity index (χ4n) is 2.72. The summed E-state index contributed by atoms with van der Waals surface area (Å²) >= 11 is 3.17. The van der Waals surface area contributed by atoms with E-state index in [9.17, 15) is 24.3 Å². The number of carbonyl (C=O) groups excluding carboxylic acids is 3. The molecular formula is C17H10BrNO5. The van der Waals surface area contributed by atoms with Gasteiger partial charge in [-0.3, -0.25) is 14.4 Å². The molecule has 120 valence electrons. The minimum Gasteiger partial charge on any atom is -0.478 e. The Morgan fingerprint density at radius 3 is 2.08 bits per heavy atom. The number of carbonyl (C=O) groups is 4. The van der Waals surface area contributed by atoms with Crippen molar-refractivity contribution in [2.75, 3.05) is 5.32 Å². The molecule has 1 amide bonds. The Kier molecular flexibility index (Phi) is 3.81. The average molecular weight is 388 g/mol. The van der Waals surface area contributed by atoms with Crippen LogP contribution >= 0.6 is 15.9 Å². The highest BCUT2D eigenvalue weighted by Crippen LogP contribution is 2.38. The second kappa shape index (κ2) is 5.68. The van der Waals surface area contributed by atoms with Crippen LogP contribution in [-0.2, 0) is 4.79 Å². The predicted octanol–water partition coefficient (Wildman–Crippen LogP) is 2.88. The topological polar surface area (TPSA) is 101 Å². The van der Waals surface area contributed by atoms with Crippen molar-refractivity contribution in [3.05, 3.63) is 62.6 Å². The smallest absolute Gasteiger partial charge is 0.337 e. The zero-order valence-electron chi connectivity index (χ0n) is 12.3. The first-order chi connectivity index (χ1) is 11.3. The summed E-state index contributed by atoms with van der Waals surface area (Å²) < 4.78 is 0.192. The van der Waals surface area contributed by atoms with Gasteiger partial charge in [0.05, 0.1) is 22.4 Å². The van der Waals surface area contributed by atoms with E-state index in [-0.39, 0.29) is 38.0 Å². The number of anilines is 1. The van der Waals surface area contributed by atoms with Crippen molar-refractivity contribution < 1.29 is 24.3 Å². The molecule has 2 aromatic carbocycles. The van der Waals surface area contributed by atoms with E-state index < -0.39 is 23.4 Å². The molecule has 1 aliphatic rings. The second-order valence-electron chi connectivity index (χ2n) is 5.22. The number of ketones is 2. The van der Waals surface area contributed by atoms with Gasteiger partial charge in [-0.2, -0.15) is 0 Å². The number of nitrogens with one attached hydrogen (secondary N) is 1. The Balaban J connectivity index is 2.41. The second-order valence-corrected chi connectivity index (χ2v) is 6.08. The van der Waals surface area contributed by atoms with Crippen molar-refractivity contribution >= 4 is 45.1 Å². The molecule has 0 radical (unpaired) electrons. The summed E-state index contributed by atoms with van der Waals surface area (Å²) in [6.45, 7) is 1.20. The van der Waals surface area contributed by atoms with Gasteiger partial charge < -0.3 is 10.4 Å². The average Bonchev–Trinajstić information content (AvgIpc) is 2.53.